The van der Waals surface area contributed by atoms with Crippen molar-refractivity contribution in [3.8, 4) is 0 Å². The van der Waals surface area contributed by atoms with Crippen LogP contribution in [-0.2, 0) is 9.53 Å². The van der Waals surface area contributed by atoms with Gasteiger partial charge in [0, 0.05) is 12.5 Å². The fourth-order valence-electron chi connectivity index (χ4n) is 2.37. The third-order valence-corrected chi connectivity index (χ3v) is 3.24. The highest BCUT2D eigenvalue weighted by Crippen LogP contribution is 2.39. The van der Waals surface area contributed by atoms with Gasteiger partial charge in [0.05, 0.1) is 6.61 Å². The number of carbonyl (C=O) groups is 1. The smallest absolute Gasteiger partial charge is 0.306 e. The largest absolute Gasteiger partial charge is 0.466 e. The second-order valence-electron chi connectivity index (χ2n) is 4.11. The van der Waals surface area contributed by atoms with Crippen molar-refractivity contribution in [2.45, 2.75) is 32.2 Å². The van der Waals surface area contributed by atoms with Gasteiger partial charge in [-0.15, -0.1) is 0 Å². The molecule has 1 aliphatic carbocycles. The zero-order chi connectivity index (χ0) is 9.26. The van der Waals surface area contributed by atoms with E-state index in [0.29, 0.717) is 18.9 Å². The Balaban J connectivity index is 1.77. The summed E-state index contributed by atoms with van der Waals surface area (Å²) < 4.78 is 4.94. The highest BCUT2D eigenvalue weighted by molar-refractivity contribution is 5.69. The predicted molar refractivity (Wildman–Crippen MR) is 49.3 cm³/mol. The van der Waals surface area contributed by atoms with Gasteiger partial charge in [0.25, 0.3) is 0 Å². The maximum absolute atomic E-state index is 11.2. The first-order chi connectivity index (χ1) is 6.29. The molecule has 2 saturated heterocycles. The third kappa shape index (κ3) is 1.85. The van der Waals surface area contributed by atoms with Crippen molar-refractivity contribution < 1.29 is 9.53 Å². The topological polar surface area (TPSA) is 38.3 Å². The lowest BCUT2D eigenvalue weighted by atomic mass is 9.68. The van der Waals surface area contributed by atoms with Crippen LogP contribution in [0, 0.1) is 11.8 Å². The summed E-state index contributed by atoms with van der Waals surface area (Å²) >= 11 is 0. The molecule has 0 radical (unpaired) electrons. The predicted octanol–water partition coefficient (Wildman–Crippen LogP) is 0.938. The van der Waals surface area contributed by atoms with Crippen LogP contribution in [0.5, 0.6) is 0 Å². The third-order valence-electron chi connectivity index (χ3n) is 3.24. The van der Waals surface area contributed by atoms with Crippen LogP contribution < -0.4 is 5.32 Å². The van der Waals surface area contributed by atoms with Crippen LogP contribution in [0.3, 0.4) is 0 Å². The van der Waals surface area contributed by atoms with Gasteiger partial charge >= 0.3 is 5.97 Å². The van der Waals surface area contributed by atoms with Crippen LogP contribution in [0.25, 0.3) is 0 Å². The van der Waals surface area contributed by atoms with Gasteiger partial charge in [0.2, 0.25) is 0 Å². The first-order valence-electron chi connectivity index (χ1n) is 5.18. The highest BCUT2D eigenvalue weighted by atomic mass is 16.5. The van der Waals surface area contributed by atoms with E-state index in [4.69, 9.17) is 4.74 Å². The molecule has 74 valence electrons. The molecule has 0 aromatic rings. The minimum Gasteiger partial charge on any atom is -0.466 e. The zero-order valence-corrected chi connectivity index (χ0v) is 8.08. The Kier molecular flexibility index (Phi) is 2.54. The number of hydrogen-bond donors (Lipinski definition) is 1. The molecule has 3 fully saturated rings. The number of fused-ring (bicyclic) bond motifs is 2. The van der Waals surface area contributed by atoms with Gasteiger partial charge in [-0.1, -0.05) is 0 Å². The molecule has 3 aliphatic rings. The number of esters is 1. The minimum atomic E-state index is -0.0281. The van der Waals surface area contributed by atoms with Gasteiger partial charge in [-0.3, -0.25) is 4.79 Å². The van der Waals surface area contributed by atoms with E-state index in [2.05, 4.69) is 5.32 Å². The number of rotatable bonds is 3. The molecule has 0 aromatic heterocycles. The Morgan fingerprint density at radius 3 is 2.85 bits per heavy atom. The van der Waals surface area contributed by atoms with E-state index >= 15 is 0 Å². The van der Waals surface area contributed by atoms with E-state index in [-0.39, 0.29) is 5.97 Å². The number of carbonyl (C=O) groups excluding carboxylic acids is 1. The maximum Gasteiger partial charge on any atom is 0.306 e. The van der Waals surface area contributed by atoms with Gasteiger partial charge in [0.15, 0.2) is 0 Å². The van der Waals surface area contributed by atoms with Crippen molar-refractivity contribution in [2.24, 2.45) is 11.8 Å². The standard InChI is InChI=1S/C10H17NO2/c1-2-13-10(12)5-8-6-11-9-3-7(8)4-9/h7-9,11H,2-6H2,1H3. The fraction of sp³-hybridized carbons (Fsp3) is 0.900. The summed E-state index contributed by atoms with van der Waals surface area (Å²) in [6.45, 7) is 3.37. The lowest BCUT2D eigenvalue weighted by Crippen LogP contribution is -2.54. The van der Waals surface area contributed by atoms with Gasteiger partial charge < -0.3 is 10.1 Å². The van der Waals surface area contributed by atoms with Gasteiger partial charge in [-0.05, 0) is 38.1 Å². The number of ether oxygens (including phenoxy) is 1. The molecule has 1 N–H and O–H groups in total. The molecule has 3 heteroatoms. The highest BCUT2D eigenvalue weighted by Gasteiger charge is 2.40. The molecular weight excluding hydrogens is 166 g/mol. The van der Waals surface area contributed by atoms with Crippen molar-refractivity contribution in [1.29, 1.82) is 0 Å². The van der Waals surface area contributed by atoms with Crippen molar-refractivity contribution >= 4 is 5.97 Å². The van der Waals surface area contributed by atoms with Gasteiger partial charge in [-0.2, -0.15) is 0 Å². The van der Waals surface area contributed by atoms with Crippen molar-refractivity contribution in [3.05, 3.63) is 0 Å². The van der Waals surface area contributed by atoms with Gasteiger partial charge in [0.1, 0.15) is 0 Å². The van der Waals surface area contributed by atoms with Crippen LogP contribution in [0.1, 0.15) is 26.2 Å². The first-order valence-corrected chi connectivity index (χ1v) is 5.18. The van der Waals surface area contributed by atoms with Crippen LogP contribution in [0.15, 0.2) is 0 Å². The van der Waals surface area contributed by atoms with E-state index in [1.807, 2.05) is 6.92 Å². The normalized spacial score (nSPS) is 36.5. The van der Waals surface area contributed by atoms with Crippen LogP contribution in [0.2, 0.25) is 0 Å². The molecule has 0 spiro atoms. The molecule has 2 heterocycles. The van der Waals surface area contributed by atoms with E-state index in [9.17, 15) is 4.79 Å². The summed E-state index contributed by atoms with van der Waals surface area (Å²) in [4.78, 5) is 11.2. The molecule has 0 amide bonds. The number of nitrogens with one attached hydrogen (secondary N) is 1. The van der Waals surface area contributed by atoms with Crippen LogP contribution in [-0.4, -0.2) is 25.2 Å². The summed E-state index contributed by atoms with van der Waals surface area (Å²) in [6, 6.07) is 0.753. The lowest BCUT2D eigenvalue weighted by Gasteiger charge is -2.47. The zero-order valence-electron chi connectivity index (χ0n) is 8.08. The number of piperidine rings is 2. The first kappa shape index (κ1) is 9.00. The summed E-state index contributed by atoms with van der Waals surface area (Å²) in [5.41, 5.74) is 0. The summed E-state index contributed by atoms with van der Waals surface area (Å²) in [5.74, 6) is 1.29. The summed E-state index contributed by atoms with van der Waals surface area (Å²) in [7, 11) is 0. The molecule has 13 heavy (non-hydrogen) atoms. The Bertz CT molecular complexity index is 196. The van der Waals surface area contributed by atoms with E-state index < -0.39 is 0 Å². The quantitative estimate of drug-likeness (QED) is 0.662. The molecule has 1 saturated carbocycles. The van der Waals surface area contributed by atoms with Crippen LogP contribution >= 0.6 is 0 Å². The summed E-state index contributed by atoms with van der Waals surface area (Å²) in [6.07, 6.45) is 3.15. The fourth-order valence-corrected chi connectivity index (χ4v) is 2.37. The van der Waals surface area contributed by atoms with Crippen molar-refractivity contribution in [2.75, 3.05) is 13.2 Å². The van der Waals surface area contributed by atoms with Crippen LogP contribution in [0.4, 0.5) is 0 Å². The summed E-state index contributed by atoms with van der Waals surface area (Å²) in [5, 5.41) is 3.44. The number of hydrogen-bond acceptors (Lipinski definition) is 3. The van der Waals surface area contributed by atoms with Crippen molar-refractivity contribution in [3.63, 3.8) is 0 Å². The average molecular weight is 183 g/mol. The van der Waals surface area contributed by atoms with E-state index in [1.165, 1.54) is 12.8 Å². The second kappa shape index (κ2) is 3.66. The molecule has 3 nitrogen and oxygen atoms in total. The maximum atomic E-state index is 11.2. The minimum absolute atomic E-state index is 0.0281. The molecule has 2 aliphatic heterocycles. The van der Waals surface area contributed by atoms with E-state index in [1.54, 1.807) is 0 Å². The molecule has 1 unspecified atom stereocenters. The average Bonchev–Trinajstić information content (AvgIpc) is 2.03. The van der Waals surface area contributed by atoms with Crippen molar-refractivity contribution in [1.82, 2.24) is 5.32 Å². The molecule has 3 rings (SSSR count). The molecule has 2 bridgehead atoms. The molecular formula is C10H17NO2. The Labute approximate surface area is 78.8 Å². The Morgan fingerprint density at radius 1 is 1.54 bits per heavy atom. The van der Waals surface area contributed by atoms with E-state index in [0.717, 1.165) is 18.5 Å². The Morgan fingerprint density at radius 2 is 2.31 bits per heavy atom. The SMILES string of the molecule is CCOC(=O)CC1CNC2CC1C2. The van der Waals surface area contributed by atoms with Gasteiger partial charge in [-0.25, -0.2) is 0 Å². The lowest BCUT2D eigenvalue weighted by molar-refractivity contribution is -0.145. The Hall–Kier alpha value is -0.570. The molecule has 1 atom stereocenters. The second-order valence-corrected chi connectivity index (χ2v) is 4.11. The molecule has 0 aromatic carbocycles. The monoisotopic (exact) mass is 183 g/mol.